The zero-order chi connectivity index (χ0) is 8.10. The van der Waals surface area contributed by atoms with E-state index in [9.17, 15) is 5.11 Å². The Bertz CT molecular complexity index is 233. The van der Waals surface area contributed by atoms with Gasteiger partial charge in [-0.05, 0) is 5.56 Å². The molecule has 0 aliphatic rings. The van der Waals surface area contributed by atoms with Gasteiger partial charge in [0.25, 0.3) is 0 Å². The summed E-state index contributed by atoms with van der Waals surface area (Å²) in [5.41, 5.74) is 0.713. The van der Waals surface area contributed by atoms with Gasteiger partial charge in [0.15, 0.2) is 0 Å². The summed E-state index contributed by atoms with van der Waals surface area (Å²) in [6.07, 6.45) is 0.246. The first kappa shape index (κ1) is 7.75. The molecule has 0 aromatic heterocycles. The Labute approximate surface area is 64.6 Å². The van der Waals surface area contributed by atoms with E-state index < -0.39 is 6.10 Å². The summed E-state index contributed by atoms with van der Waals surface area (Å²) in [6.45, 7) is 0. The molecule has 0 heterocycles. The molecule has 0 saturated heterocycles. The topological polar surface area (TPSA) is 52.8 Å². The highest BCUT2D eigenvalue weighted by Crippen LogP contribution is 2.08. The molecule has 3 nitrogen and oxygen atoms in total. The highest BCUT2D eigenvalue weighted by Gasteiger charge is 2.01. The van der Waals surface area contributed by atoms with Crippen molar-refractivity contribution in [3.05, 3.63) is 35.9 Å². The Balaban J connectivity index is 2.76. The maximum absolute atomic E-state index is 9.21. The van der Waals surface area contributed by atoms with Crippen molar-refractivity contribution in [3.63, 3.8) is 0 Å². The molecule has 1 aromatic rings. The molecule has 0 spiro atoms. The van der Waals surface area contributed by atoms with Crippen LogP contribution in [0.3, 0.4) is 0 Å². The molecule has 0 aliphatic carbocycles. The van der Waals surface area contributed by atoms with Crippen LogP contribution in [0.15, 0.2) is 35.5 Å². The van der Waals surface area contributed by atoms with Gasteiger partial charge in [-0.25, -0.2) is 0 Å². The molecule has 0 radical (unpaired) electrons. The number of rotatable bonds is 2. The van der Waals surface area contributed by atoms with E-state index in [0.717, 1.165) is 6.21 Å². The zero-order valence-electron chi connectivity index (χ0n) is 5.88. The van der Waals surface area contributed by atoms with Crippen molar-refractivity contribution in [2.75, 3.05) is 0 Å². The summed E-state index contributed by atoms with van der Waals surface area (Å²) in [6, 6.07) is 8.98. The molecule has 1 unspecified atom stereocenters. The highest BCUT2D eigenvalue weighted by atomic mass is 16.4. The Morgan fingerprint density at radius 2 is 1.91 bits per heavy atom. The molecule has 11 heavy (non-hydrogen) atoms. The third-order valence-corrected chi connectivity index (χ3v) is 1.35. The van der Waals surface area contributed by atoms with Gasteiger partial charge in [0.05, 0.1) is 6.21 Å². The Morgan fingerprint density at radius 1 is 1.27 bits per heavy atom. The fraction of sp³-hybridized carbons (Fsp3) is 0.125. The molecule has 0 fully saturated rings. The molecule has 58 valence electrons. The van der Waals surface area contributed by atoms with Crippen LogP contribution in [-0.4, -0.2) is 16.5 Å². The summed E-state index contributed by atoms with van der Waals surface area (Å²) in [7, 11) is 0. The summed E-state index contributed by atoms with van der Waals surface area (Å²) in [5.74, 6) is 0. The fourth-order valence-corrected chi connectivity index (χ4v) is 0.799. The number of nitrogens with zero attached hydrogens (tertiary/aromatic N) is 1. The summed E-state index contributed by atoms with van der Waals surface area (Å²) < 4.78 is 0. The van der Waals surface area contributed by atoms with Crippen LogP contribution >= 0.6 is 0 Å². The largest absolute Gasteiger partial charge is 0.411 e. The molecule has 2 N–H and O–H groups in total. The number of aliphatic hydroxyl groups excluding tert-OH is 1. The van der Waals surface area contributed by atoms with Gasteiger partial charge in [-0.3, -0.25) is 0 Å². The van der Waals surface area contributed by atoms with Crippen molar-refractivity contribution in [2.24, 2.45) is 5.16 Å². The van der Waals surface area contributed by atoms with E-state index >= 15 is 0 Å². The molecule has 0 saturated carbocycles. The third kappa shape index (κ3) is 2.05. The maximum Gasteiger partial charge on any atom is 0.117 e. The molecule has 0 aliphatic heterocycles. The first-order valence-electron chi connectivity index (χ1n) is 3.25. The second-order valence-electron chi connectivity index (χ2n) is 2.12. The van der Waals surface area contributed by atoms with Crippen molar-refractivity contribution in [2.45, 2.75) is 6.10 Å². The van der Waals surface area contributed by atoms with Gasteiger partial charge in [-0.15, -0.1) is 0 Å². The minimum Gasteiger partial charge on any atom is -0.411 e. The van der Waals surface area contributed by atoms with Crippen LogP contribution in [0.1, 0.15) is 11.7 Å². The van der Waals surface area contributed by atoms with Gasteiger partial charge < -0.3 is 10.3 Å². The lowest BCUT2D eigenvalue weighted by atomic mass is 10.1. The van der Waals surface area contributed by atoms with E-state index in [1.807, 2.05) is 18.2 Å². The Hall–Kier alpha value is -1.35. The molecule has 0 amide bonds. The smallest absolute Gasteiger partial charge is 0.117 e. The normalized spacial score (nSPS) is 13.5. The van der Waals surface area contributed by atoms with Crippen LogP contribution in [0, 0.1) is 0 Å². The second-order valence-corrected chi connectivity index (χ2v) is 2.12. The average molecular weight is 151 g/mol. The van der Waals surface area contributed by atoms with Crippen LogP contribution in [0.4, 0.5) is 0 Å². The lowest BCUT2D eigenvalue weighted by Crippen LogP contribution is -1.97. The molecule has 3 heteroatoms. The Kier molecular flexibility index (Phi) is 2.63. The summed E-state index contributed by atoms with van der Waals surface area (Å²) >= 11 is 0. The first-order chi connectivity index (χ1) is 5.34. The lowest BCUT2D eigenvalue weighted by molar-refractivity contribution is 0.241. The first-order valence-corrected chi connectivity index (χ1v) is 3.25. The van der Waals surface area contributed by atoms with Crippen molar-refractivity contribution in [3.8, 4) is 0 Å². The molecular weight excluding hydrogens is 142 g/mol. The van der Waals surface area contributed by atoms with Crippen molar-refractivity contribution >= 4 is 6.21 Å². The zero-order valence-corrected chi connectivity index (χ0v) is 5.88. The predicted octanol–water partition coefficient (Wildman–Crippen LogP) is 1.18. The van der Waals surface area contributed by atoms with Crippen molar-refractivity contribution in [1.29, 1.82) is 0 Å². The third-order valence-electron chi connectivity index (χ3n) is 1.35. The van der Waals surface area contributed by atoms with Crippen LogP contribution < -0.4 is 0 Å². The molecule has 1 atom stereocenters. The van der Waals surface area contributed by atoms with E-state index in [1.54, 1.807) is 12.1 Å². The molecular formula is C8H9NO2. The lowest BCUT2D eigenvalue weighted by Gasteiger charge is -2.01. The summed E-state index contributed by atoms with van der Waals surface area (Å²) in [5, 5.41) is 20.1. The summed E-state index contributed by atoms with van der Waals surface area (Å²) in [4.78, 5) is 0. The standard InChI is InChI=1S/C8H9NO2/c10-8(6-9-11)7-4-2-1-3-5-7/h1-6,8,10-11H/b9-6-. The van der Waals surface area contributed by atoms with E-state index in [0.29, 0.717) is 5.56 Å². The van der Waals surface area contributed by atoms with Crippen LogP contribution in [0.25, 0.3) is 0 Å². The van der Waals surface area contributed by atoms with Crippen molar-refractivity contribution in [1.82, 2.24) is 0 Å². The number of hydrogen-bond acceptors (Lipinski definition) is 3. The minimum atomic E-state index is -0.818. The number of aliphatic hydroxyl groups is 1. The second kappa shape index (κ2) is 3.73. The van der Waals surface area contributed by atoms with Gasteiger partial charge in [0.2, 0.25) is 0 Å². The molecule has 1 aromatic carbocycles. The maximum atomic E-state index is 9.21. The number of oxime groups is 1. The number of benzene rings is 1. The number of hydrogen-bond donors (Lipinski definition) is 2. The minimum absolute atomic E-state index is 0.713. The van der Waals surface area contributed by atoms with Crippen LogP contribution in [0.2, 0.25) is 0 Å². The van der Waals surface area contributed by atoms with E-state index in [4.69, 9.17) is 5.21 Å². The van der Waals surface area contributed by atoms with E-state index in [2.05, 4.69) is 5.16 Å². The highest BCUT2D eigenvalue weighted by molar-refractivity contribution is 5.64. The van der Waals surface area contributed by atoms with E-state index in [-0.39, 0.29) is 0 Å². The molecule has 0 bridgehead atoms. The monoisotopic (exact) mass is 151 g/mol. The van der Waals surface area contributed by atoms with Gasteiger partial charge >= 0.3 is 0 Å². The van der Waals surface area contributed by atoms with Gasteiger partial charge in [-0.2, -0.15) is 0 Å². The van der Waals surface area contributed by atoms with Crippen LogP contribution in [-0.2, 0) is 0 Å². The fourth-order valence-electron chi connectivity index (χ4n) is 0.799. The van der Waals surface area contributed by atoms with Gasteiger partial charge in [0.1, 0.15) is 6.10 Å². The quantitative estimate of drug-likeness (QED) is 0.379. The van der Waals surface area contributed by atoms with Crippen LogP contribution in [0.5, 0.6) is 0 Å². The SMILES string of the molecule is O/N=C\C(O)c1ccccc1. The average Bonchev–Trinajstić information content (AvgIpc) is 2.07. The predicted molar refractivity (Wildman–Crippen MR) is 41.7 cm³/mol. The van der Waals surface area contributed by atoms with Gasteiger partial charge in [-0.1, -0.05) is 35.5 Å². The van der Waals surface area contributed by atoms with E-state index in [1.165, 1.54) is 0 Å². The Morgan fingerprint density at radius 3 is 2.45 bits per heavy atom. The van der Waals surface area contributed by atoms with Gasteiger partial charge in [0, 0.05) is 0 Å². The van der Waals surface area contributed by atoms with Crippen molar-refractivity contribution < 1.29 is 10.3 Å². The molecule has 1 rings (SSSR count).